The van der Waals surface area contributed by atoms with E-state index in [2.05, 4.69) is 20.8 Å². The monoisotopic (exact) mass is 277 g/mol. The normalized spacial score (nSPS) is 10.6. The van der Waals surface area contributed by atoms with E-state index in [0.717, 1.165) is 17.2 Å². The third-order valence-corrected chi connectivity index (χ3v) is 2.64. The first-order chi connectivity index (χ1) is 9.80. The van der Waals surface area contributed by atoms with Gasteiger partial charge in [-0.15, -0.1) is 5.10 Å². The van der Waals surface area contributed by atoms with E-state index in [1.54, 1.807) is 4.68 Å². The second kappa shape index (κ2) is 6.85. The molecule has 0 bridgehead atoms. The van der Waals surface area contributed by atoms with E-state index in [-0.39, 0.29) is 0 Å². The summed E-state index contributed by atoms with van der Waals surface area (Å²) in [5, 5.41) is 14.8. The van der Waals surface area contributed by atoms with Crippen molar-refractivity contribution in [3.8, 4) is 17.2 Å². The molecule has 0 aliphatic rings. The van der Waals surface area contributed by atoms with Crippen LogP contribution in [0.15, 0.2) is 18.2 Å². The molecular formula is C13H19N5O2. The summed E-state index contributed by atoms with van der Waals surface area (Å²) in [5.74, 6) is 2.19. The van der Waals surface area contributed by atoms with E-state index < -0.39 is 0 Å². The molecule has 7 nitrogen and oxygen atoms in total. The molecule has 0 aliphatic carbocycles. The third kappa shape index (κ3) is 3.05. The van der Waals surface area contributed by atoms with Crippen molar-refractivity contribution < 1.29 is 9.47 Å². The molecule has 0 radical (unpaired) electrons. The van der Waals surface area contributed by atoms with Crippen LogP contribution in [-0.4, -0.2) is 40.5 Å². The maximum Gasteiger partial charge on any atom is 0.170 e. The molecule has 0 atom stereocenters. The molecule has 0 amide bonds. The molecule has 0 unspecified atom stereocenters. The summed E-state index contributed by atoms with van der Waals surface area (Å²) >= 11 is 0. The van der Waals surface area contributed by atoms with Crippen molar-refractivity contribution >= 4 is 0 Å². The maximum atomic E-state index is 5.63. The molecule has 0 fully saturated rings. The number of rotatable bonds is 7. The first-order valence-corrected chi connectivity index (χ1v) is 6.62. The summed E-state index contributed by atoms with van der Waals surface area (Å²) in [7, 11) is 1.85. The lowest BCUT2D eigenvalue weighted by Gasteiger charge is -2.13. The van der Waals surface area contributed by atoms with Gasteiger partial charge in [0.2, 0.25) is 0 Å². The topological polar surface area (TPSA) is 74.1 Å². The van der Waals surface area contributed by atoms with E-state index in [1.165, 1.54) is 0 Å². The van der Waals surface area contributed by atoms with Crippen molar-refractivity contribution in [2.75, 3.05) is 20.3 Å². The van der Waals surface area contributed by atoms with Crippen LogP contribution in [0.3, 0.4) is 0 Å². The molecule has 108 valence electrons. The van der Waals surface area contributed by atoms with E-state index >= 15 is 0 Å². The van der Waals surface area contributed by atoms with Gasteiger partial charge < -0.3 is 14.8 Å². The molecule has 2 aromatic rings. The molecule has 1 N–H and O–H groups in total. The molecule has 7 heteroatoms. The third-order valence-electron chi connectivity index (χ3n) is 2.64. The molecule has 1 aromatic carbocycles. The van der Waals surface area contributed by atoms with Crippen LogP contribution >= 0.6 is 0 Å². The molecule has 1 heterocycles. The van der Waals surface area contributed by atoms with Gasteiger partial charge >= 0.3 is 0 Å². The Morgan fingerprint density at radius 2 is 2.00 bits per heavy atom. The zero-order valence-corrected chi connectivity index (χ0v) is 12.0. The largest absolute Gasteiger partial charge is 0.494 e. The fourth-order valence-electron chi connectivity index (χ4n) is 1.86. The number of tetrazole rings is 1. The minimum atomic E-state index is 0.567. The molecule has 0 saturated carbocycles. The highest BCUT2D eigenvalue weighted by Crippen LogP contribution is 2.28. The summed E-state index contributed by atoms with van der Waals surface area (Å²) in [6, 6.07) is 5.62. The number of hydrogen-bond donors (Lipinski definition) is 1. The van der Waals surface area contributed by atoms with Gasteiger partial charge in [-0.3, -0.25) is 0 Å². The van der Waals surface area contributed by atoms with Crippen LogP contribution in [0.25, 0.3) is 5.69 Å². The molecular weight excluding hydrogens is 258 g/mol. The fraction of sp³-hybridized carbons (Fsp3) is 0.462. The van der Waals surface area contributed by atoms with Crippen LogP contribution in [0.2, 0.25) is 0 Å². The Morgan fingerprint density at radius 3 is 2.70 bits per heavy atom. The average Bonchev–Trinajstić information content (AvgIpc) is 2.90. The van der Waals surface area contributed by atoms with Gasteiger partial charge in [-0.1, -0.05) is 0 Å². The Hall–Kier alpha value is -2.15. The van der Waals surface area contributed by atoms with Crippen molar-refractivity contribution in [2.24, 2.45) is 0 Å². The van der Waals surface area contributed by atoms with E-state index in [0.29, 0.717) is 25.6 Å². The number of hydrogen-bond acceptors (Lipinski definition) is 6. The fourth-order valence-corrected chi connectivity index (χ4v) is 1.86. The van der Waals surface area contributed by atoms with Gasteiger partial charge in [0.05, 0.1) is 19.8 Å². The molecule has 1 aromatic heterocycles. The van der Waals surface area contributed by atoms with Crippen LogP contribution in [0.5, 0.6) is 11.5 Å². The Labute approximate surface area is 117 Å². The van der Waals surface area contributed by atoms with Crippen molar-refractivity contribution in [3.63, 3.8) is 0 Å². The molecule has 0 spiro atoms. The van der Waals surface area contributed by atoms with E-state index in [4.69, 9.17) is 9.47 Å². The minimum absolute atomic E-state index is 0.567. The Morgan fingerprint density at radius 1 is 1.20 bits per heavy atom. The summed E-state index contributed by atoms with van der Waals surface area (Å²) in [4.78, 5) is 0. The van der Waals surface area contributed by atoms with E-state index in [1.807, 2.05) is 39.1 Å². The molecule has 2 rings (SSSR count). The Balaban J connectivity index is 2.45. The summed E-state index contributed by atoms with van der Waals surface area (Å²) in [6.07, 6.45) is 0. The molecule has 0 saturated heterocycles. The Kier molecular flexibility index (Phi) is 4.89. The van der Waals surface area contributed by atoms with Crippen molar-refractivity contribution in [1.29, 1.82) is 0 Å². The van der Waals surface area contributed by atoms with Crippen molar-refractivity contribution in [1.82, 2.24) is 25.5 Å². The number of nitrogens with one attached hydrogen (secondary N) is 1. The highest BCUT2D eigenvalue weighted by atomic mass is 16.5. The van der Waals surface area contributed by atoms with Crippen LogP contribution in [0, 0.1) is 0 Å². The van der Waals surface area contributed by atoms with Gasteiger partial charge in [-0.2, -0.15) is 4.68 Å². The van der Waals surface area contributed by atoms with Crippen LogP contribution in [0.1, 0.15) is 19.7 Å². The SMILES string of the molecule is CCOc1ccc(OCC)c(-n2nnnc2CNC)c1. The lowest BCUT2D eigenvalue weighted by atomic mass is 10.2. The van der Waals surface area contributed by atoms with Gasteiger partial charge in [0.1, 0.15) is 17.2 Å². The second-order valence-electron chi connectivity index (χ2n) is 4.03. The number of aromatic nitrogens is 4. The van der Waals surface area contributed by atoms with Gasteiger partial charge in [0, 0.05) is 6.07 Å². The standard InChI is InChI=1S/C13H19N5O2/c1-4-19-10-6-7-12(20-5-2)11(8-10)18-13(9-14-3)15-16-17-18/h6-8,14H,4-5,9H2,1-3H3. The zero-order valence-electron chi connectivity index (χ0n) is 12.0. The van der Waals surface area contributed by atoms with Gasteiger partial charge in [0.15, 0.2) is 5.82 Å². The van der Waals surface area contributed by atoms with Gasteiger partial charge in [0.25, 0.3) is 0 Å². The predicted molar refractivity (Wildman–Crippen MR) is 74.3 cm³/mol. The molecule has 20 heavy (non-hydrogen) atoms. The summed E-state index contributed by atoms with van der Waals surface area (Å²) in [5.41, 5.74) is 0.771. The van der Waals surface area contributed by atoms with Crippen molar-refractivity contribution in [3.05, 3.63) is 24.0 Å². The quantitative estimate of drug-likeness (QED) is 0.819. The first kappa shape index (κ1) is 14.3. The van der Waals surface area contributed by atoms with Crippen molar-refractivity contribution in [2.45, 2.75) is 20.4 Å². The maximum absolute atomic E-state index is 5.63. The average molecular weight is 277 g/mol. The first-order valence-electron chi connectivity index (χ1n) is 6.62. The lowest BCUT2D eigenvalue weighted by Crippen LogP contribution is -2.13. The highest BCUT2D eigenvalue weighted by Gasteiger charge is 2.14. The smallest absolute Gasteiger partial charge is 0.170 e. The van der Waals surface area contributed by atoms with Gasteiger partial charge in [-0.05, 0) is 43.5 Å². The number of ether oxygens (including phenoxy) is 2. The van der Waals surface area contributed by atoms with Gasteiger partial charge in [-0.25, -0.2) is 0 Å². The molecule has 0 aliphatic heterocycles. The summed E-state index contributed by atoms with van der Waals surface area (Å²) in [6.45, 7) is 5.63. The van der Waals surface area contributed by atoms with Crippen LogP contribution < -0.4 is 14.8 Å². The highest BCUT2D eigenvalue weighted by molar-refractivity contribution is 5.51. The number of nitrogens with zero attached hydrogens (tertiary/aromatic N) is 4. The predicted octanol–water partition coefficient (Wildman–Crippen LogP) is 1.18. The van der Waals surface area contributed by atoms with Crippen LogP contribution in [0.4, 0.5) is 0 Å². The van der Waals surface area contributed by atoms with Crippen LogP contribution in [-0.2, 0) is 6.54 Å². The second-order valence-corrected chi connectivity index (χ2v) is 4.03. The number of benzene rings is 1. The van der Waals surface area contributed by atoms with E-state index in [9.17, 15) is 0 Å². The Bertz CT molecular complexity index is 555. The minimum Gasteiger partial charge on any atom is -0.494 e. The summed E-state index contributed by atoms with van der Waals surface area (Å²) < 4.78 is 12.8. The zero-order chi connectivity index (χ0) is 14.4. The lowest BCUT2D eigenvalue weighted by molar-refractivity contribution is 0.328.